The van der Waals surface area contributed by atoms with Gasteiger partial charge in [-0.25, -0.2) is 0 Å². The van der Waals surface area contributed by atoms with Crippen LogP contribution in [0.2, 0.25) is 0 Å². The largest absolute Gasteiger partial charge is 0.388 e. The number of hydrogen-bond donors (Lipinski definition) is 4. The van der Waals surface area contributed by atoms with Crippen LogP contribution >= 0.6 is 0 Å². The summed E-state index contributed by atoms with van der Waals surface area (Å²) in [5.41, 5.74) is 1.65. The molecular formula is C14H20N2O6. The Kier molecular flexibility index (Phi) is 4.66. The van der Waals surface area contributed by atoms with Crippen LogP contribution in [0, 0.1) is 24.0 Å². The zero-order valence-electron chi connectivity index (χ0n) is 12.6. The van der Waals surface area contributed by atoms with Crippen LogP contribution in [0.3, 0.4) is 0 Å². The van der Waals surface area contributed by atoms with Crippen molar-refractivity contribution in [2.45, 2.75) is 51.4 Å². The first kappa shape index (κ1) is 16.6. The molecule has 1 fully saturated rings. The summed E-state index contributed by atoms with van der Waals surface area (Å²) in [6.07, 6.45) is -5.81. The molecule has 1 unspecified atom stereocenters. The highest BCUT2D eigenvalue weighted by molar-refractivity contribution is 5.64. The minimum absolute atomic E-state index is 0.146. The van der Waals surface area contributed by atoms with Gasteiger partial charge in [0.2, 0.25) is 0 Å². The van der Waals surface area contributed by atoms with Gasteiger partial charge in [0.25, 0.3) is 5.69 Å². The van der Waals surface area contributed by atoms with Crippen molar-refractivity contribution < 1.29 is 25.0 Å². The van der Waals surface area contributed by atoms with Gasteiger partial charge in [0.1, 0.15) is 24.0 Å². The number of rotatable bonds is 3. The van der Waals surface area contributed by atoms with Gasteiger partial charge in [0, 0.05) is 6.07 Å². The maximum absolute atomic E-state index is 11.2. The summed E-state index contributed by atoms with van der Waals surface area (Å²) in [6.45, 7) is 5.12. The monoisotopic (exact) mass is 312 g/mol. The fraction of sp³-hybridized carbons (Fsp3) is 0.571. The van der Waals surface area contributed by atoms with Crippen molar-refractivity contribution in [1.29, 1.82) is 0 Å². The number of aliphatic hydroxyl groups is 3. The topological polar surface area (TPSA) is 125 Å². The average molecular weight is 312 g/mol. The molecule has 1 aromatic carbocycles. The van der Waals surface area contributed by atoms with Crippen LogP contribution in [0.25, 0.3) is 0 Å². The lowest BCUT2D eigenvalue weighted by molar-refractivity contribution is -0.384. The van der Waals surface area contributed by atoms with Crippen LogP contribution in [0.5, 0.6) is 0 Å². The van der Waals surface area contributed by atoms with Crippen LogP contribution in [-0.4, -0.2) is 50.9 Å². The number of ether oxygens (including phenoxy) is 1. The normalized spacial score (nSPS) is 31.8. The Balaban J connectivity index is 2.30. The predicted molar refractivity (Wildman–Crippen MR) is 78.5 cm³/mol. The third kappa shape index (κ3) is 3.05. The van der Waals surface area contributed by atoms with E-state index in [-0.39, 0.29) is 11.4 Å². The summed E-state index contributed by atoms with van der Waals surface area (Å²) in [5.74, 6) is 0. The molecule has 22 heavy (non-hydrogen) atoms. The second-order valence-corrected chi connectivity index (χ2v) is 5.59. The number of nitrogens with zero attached hydrogens (tertiary/aromatic N) is 1. The summed E-state index contributed by atoms with van der Waals surface area (Å²) >= 11 is 0. The van der Waals surface area contributed by atoms with Crippen molar-refractivity contribution in [2.75, 3.05) is 5.32 Å². The van der Waals surface area contributed by atoms with Gasteiger partial charge in [0.15, 0.2) is 6.23 Å². The van der Waals surface area contributed by atoms with E-state index < -0.39 is 35.6 Å². The van der Waals surface area contributed by atoms with Crippen molar-refractivity contribution in [3.63, 3.8) is 0 Å². The first-order chi connectivity index (χ1) is 10.2. The molecular weight excluding hydrogens is 292 g/mol. The molecule has 1 aliphatic heterocycles. The molecule has 0 spiro atoms. The second kappa shape index (κ2) is 6.17. The number of benzene rings is 1. The van der Waals surface area contributed by atoms with Gasteiger partial charge in [-0.2, -0.15) is 0 Å². The number of aliphatic hydroxyl groups excluding tert-OH is 3. The Morgan fingerprint density at radius 3 is 2.32 bits per heavy atom. The standard InChI is InChI=1S/C14H20N2O6/c1-6-4-9(10(16(20)21)5-7(6)2)15-14-13(19)12(18)11(17)8(3)22-14/h4-5,8,11-15,17-19H,1-3H3/t8-,11-,12+,13+,14?/m0/s1. The number of anilines is 1. The highest BCUT2D eigenvalue weighted by atomic mass is 16.6. The molecule has 1 aromatic rings. The average Bonchev–Trinajstić information content (AvgIpc) is 2.45. The third-order valence-electron chi connectivity index (χ3n) is 3.96. The van der Waals surface area contributed by atoms with Gasteiger partial charge >= 0.3 is 0 Å². The molecule has 0 amide bonds. The smallest absolute Gasteiger partial charge is 0.292 e. The predicted octanol–water partition coefficient (Wildman–Crippen LogP) is 0.451. The molecule has 2 rings (SSSR count). The van der Waals surface area contributed by atoms with Gasteiger partial charge in [-0.1, -0.05) is 0 Å². The first-order valence-electron chi connectivity index (χ1n) is 6.94. The number of nitrogens with one attached hydrogen (secondary N) is 1. The number of nitro benzene ring substituents is 1. The van der Waals surface area contributed by atoms with Crippen molar-refractivity contribution in [1.82, 2.24) is 0 Å². The first-order valence-corrected chi connectivity index (χ1v) is 6.94. The summed E-state index contributed by atoms with van der Waals surface area (Å²) in [4.78, 5) is 10.6. The van der Waals surface area contributed by atoms with Crippen molar-refractivity contribution in [3.8, 4) is 0 Å². The molecule has 0 aromatic heterocycles. The molecule has 0 radical (unpaired) electrons. The molecule has 1 heterocycles. The summed E-state index contributed by atoms with van der Waals surface area (Å²) < 4.78 is 5.40. The van der Waals surface area contributed by atoms with Crippen LogP contribution in [0.15, 0.2) is 12.1 Å². The lowest BCUT2D eigenvalue weighted by Gasteiger charge is -2.39. The maximum atomic E-state index is 11.2. The van der Waals surface area contributed by atoms with E-state index >= 15 is 0 Å². The van der Waals surface area contributed by atoms with E-state index in [1.165, 1.54) is 6.07 Å². The second-order valence-electron chi connectivity index (χ2n) is 5.59. The Bertz CT molecular complexity index is 579. The number of hydrogen-bond acceptors (Lipinski definition) is 7. The molecule has 8 heteroatoms. The minimum atomic E-state index is -1.41. The van der Waals surface area contributed by atoms with Crippen molar-refractivity contribution in [2.24, 2.45) is 0 Å². The lowest BCUT2D eigenvalue weighted by Crippen LogP contribution is -2.58. The van der Waals surface area contributed by atoms with E-state index in [4.69, 9.17) is 4.74 Å². The van der Waals surface area contributed by atoms with Gasteiger partial charge in [-0.3, -0.25) is 10.1 Å². The maximum Gasteiger partial charge on any atom is 0.292 e. The van der Waals surface area contributed by atoms with E-state index in [9.17, 15) is 25.4 Å². The van der Waals surface area contributed by atoms with Crippen LogP contribution in [-0.2, 0) is 4.74 Å². The fourth-order valence-electron chi connectivity index (χ4n) is 2.39. The Hall–Kier alpha value is -1.74. The number of aryl methyl sites for hydroxylation is 2. The van der Waals surface area contributed by atoms with Gasteiger partial charge in [-0.15, -0.1) is 0 Å². The molecule has 4 N–H and O–H groups in total. The van der Waals surface area contributed by atoms with E-state index in [2.05, 4.69) is 5.32 Å². The van der Waals surface area contributed by atoms with E-state index in [1.807, 2.05) is 6.92 Å². The molecule has 5 atom stereocenters. The molecule has 0 aliphatic carbocycles. The van der Waals surface area contributed by atoms with Crippen LogP contribution in [0.1, 0.15) is 18.1 Å². The molecule has 0 bridgehead atoms. The van der Waals surface area contributed by atoms with Crippen molar-refractivity contribution in [3.05, 3.63) is 33.4 Å². The van der Waals surface area contributed by atoms with Crippen LogP contribution in [0.4, 0.5) is 11.4 Å². The fourth-order valence-corrected chi connectivity index (χ4v) is 2.39. The highest BCUT2D eigenvalue weighted by Crippen LogP contribution is 2.31. The highest BCUT2D eigenvalue weighted by Gasteiger charge is 2.42. The molecule has 1 aliphatic rings. The zero-order valence-corrected chi connectivity index (χ0v) is 12.6. The Morgan fingerprint density at radius 1 is 1.14 bits per heavy atom. The summed E-state index contributed by atoms with van der Waals surface area (Å²) in [7, 11) is 0. The summed E-state index contributed by atoms with van der Waals surface area (Å²) in [5, 5.41) is 43.3. The Morgan fingerprint density at radius 2 is 1.73 bits per heavy atom. The molecule has 0 saturated carbocycles. The lowest BCUT2D eigenvalue weighted by atomic mass is 9.98. The molecule has 8 nitrogen and oxygen atoms in total. The SMILES string of the molecule is Cc1cc(NC2O[C@@H](C)[C@H](O)[C@@H](O)[C@H]2O)c([N+](=O)[O-])cc1C. The van der Waals surface area contributed by atoms with Crippen LogP contribution < -0.4 is 5.32 Å². The van der Waals surface area contributed by atoms with Gasteiger partial charge in [-0.05, 0) is 38.0 Å². The molecule has 122 valence electrons. The minimum Gasteiger partial charge on any atom is -0.388 e. The van der Waals surface area contributed by atoms with Crippen molar-refractivity contribution >= 4 is 11.4 Å². The third-order valence-corrected chi connectivity index (χ3v) is 3.96. The zero-order chi connectivity index (χ0) is 16.6. The van der Waals surface area contributed by atoms with E-state index in [0.717, 1.165) is 11.1 Å². The molecule has 1 saturated heterocycles. The van der Waals surface area contributed by atoms with Gasteiger partial charge in [0.05, 0.1) is 11.0 Å². The van der Waals surface area contributed by atoms with E-state index in [1.54, 1.807) is 19.9 Å². The number of nitro groups is 1. The summed E-state index contributed by atoms with van der Waals surface area (Å²) in [6, 6.07) is 3.02. The Labute approximate surface area is 127 Å². The van der Waals surface area contributed by atoms with Gasteiger partial charge < -0.3 is 25.4 Å². The quantitative estimate of drug-likeness (QED) is 0.471. The van der Waals surface area contributed by atoms with E-state index in [0.29, 0.717) is 0 Å².